The molecular formula is C18H12F4N2O3. The van der Waals surface area contributed by atoms with Gasteiger partial charge in [0.25, 0.3) is 0 Å². The molecule has 0 aliphatic carbocycles. The fourth-order valence-corrected chi connectivity index (χ4v) is 2.30. The lowest BCUT2D eigenvalue weighted by atomic mass is 10.1. The maximum Gasteiger partial charge on any atom is 0.461 e. The van der Waals surface area contributed by atoms with Crippen LogP contribution < -0.4 is 4.74 Å². The number of hydrogen-bond donors (Lipinski definition) is 1. The largest absolute Gasteiger partial charge is 0.478 e. The Balaban J connectivity index is 1.81. The zero-order chi connectivity index (χ0) is 19.6. The number of hydrogen-bond acceptors (Lipinski definition) is 3. The molecule has 5 nitrogen and oxygen atoms in total. The van der Waals surface area contributed by atoms with E-state index in [1.54, 1.807) is 24.4 Å². The summed E-state index contributed by atoms with van der Waals surface area (Å²) in [6, 6.07) is 12.9. The molecule has 0 amide bonds. The minimum Gasteiger partial charge on any atom is -0.478 e. The maximum atomic E-state index is 12.9. The number of carboxylic acids is 1. The normalized spacial score (nSPS) is 11.6. The van der Waals surface area contributed by atoms with Crippen LogP contribution in [0.2, 0.25) is 0 Å². The Morgan fingerprint density at radius 1 is 1.11 bits per heavy atom. The minimum absolute atomic E-state index is 0.114. The molecule has 1 heterocycles. The molecule has 3 aromatic rings. The van der Waals surface area contributed by atoms with Gasteiger partial charge < -0.3 is 9.84 Å². The number of nitrogens with zero attached hydrogens (tertiary/aromatic N) is 2. The van der Waals surface area contributed by atoms with Crippen LogP contribution in [0.4, 0.5) is 17.6 Å². The zero-order valence-corrected chi connectivity index (χ0v) is 13.5. The average molecular weight is 380 g/mol. The first kappa shape index (κ1) is 18.4. The third kappa shape index (κ3) is 4.08. The molecule has 0 aliphatic rings. The van der Waals surface area contributed by atoms with Crippen molar-refractivity contribution in [2.45, 2.75) is 12.5 Å². The standard InChI is InChI=1S/C18H12F4N2O3/c19-17(20)18(21,22)27-14-6-4-13(5-7-14)24-9-8-15(23-24)11-2-1-3-12(10-11)16(25)26/h1-10,17H,(H,25,26). The summed E-state index contributed by atoms with van der Waals surface area (Å²) in [6.07, 6.45) is -6.92. The van der Waals surface area contributed by atoms with E-state index in [1.807, 2.05) is 0 Å². The van der Waals surface area contributed by atoms with Crippen molar-refractivity contribution in [2.24, 2.45) is 0 Å². The van der Waals surface area contributed by atoms with Crippen molar-refractivity contribution in [2.75, 3.05) is 0 Å². The van der Waals surface area contributed by atoms with E-state index in [0.717, 1.165) is 12.1 Å². The highest BCUT2D eigenvalue weighted by Gasteiger charge is 2.43. The summed E-state index contributed by atoms with van der Waals surface area (Å²) in [7, 11) is 0. The summed E-state index contributed by atoms with van der Waals surface area (Å²) in [5.74, 6) is -1.47. The highest BCUT2D eigenvalue weighted by Crippen LogP contribution is 2.28. The molecular weight excluding hydrogens is 368 g/mol. The Kier molecular flexibility index (Phi) is 4.85. The van der Waals surface area contributed by atoms with E-state index in [1.165, 1.54) is 28.9 Å². The van der Waals surface area contributed by atoms with Gasteiger partial charge in [-0.1, -0.05) is 12.1 Å². The lowest BCUT2D eigenvalue weighted by Crippen LogP contribution is -2.33. The van der Waals surface area contributed by atoms with Gasteiger partial charge in [0.05, 0.1) is 16.9 Å². The van der Waals surface area contributed by atoms with Crippen LogP contribution in [-0.4, -0.2) is 33.4 Å². The van der Waals surface area contributed by atoms with Gasteiger partial charge in [-0.3, -0.25) is 0 Å². The molecule has 0 aliphatic heterocycles. The third-order valence-corrected chi connectivity index (χ3v) is 3.60. The van der Waals surface area contributed by atoms with Crippen LogP contribution in [0, 0.1) is 0 Å². The first-order valence-electron chi connectivity index (χ1n) is 7.61. The highest BCUT2D eigenvalue weighted by molar-refractivity contribution is 5.89. The molecule has 0 bridgehead atoms. The number of ether oxygens (including phenoxy) is 1. The number of aromatic carboxylic acids is 1. The molecule has 27 heavy (non-hydrogen) atoms. The van der Waals surface area contributed by atoms with E-state index >= 15 is 0 Å². The monoisotopic (exact) mass is 380 g/mol. The predicted molar refractivity (Wildman–Crippen MR) is 87.5 cm³/mol. The van der Waals surface area contributed by atoms with Gasteiger partial charge in [-0.05, 0) is 42.5 Å². The summed E-state index contributed by atoms with van der Waals surface area (Å²) in [6.45, 7) is 0. The first-order chi connectivity index (χ1) is 12.8. The SMILES string of the molecule is O=C(O)c1cccc(-c2ccn(-c3ccc(OC(F)(F)C(F)F)cc3)n2)c1. The molecule has 3 rings (SSSR count). The van der Waals surface area contributed by atoms with Crippen LogP contribution in [0.1, 0.15) is 10.4 Å². The van der Waals surface area contributed by atoms with E-state index in [9.17, 15) is 22.4 Å². The molecule has 2 aromatic carbocycles. The topological polar surface area (TPSA) is 64.3 Å². The quantitative estimate of drug-likeness (QED) is 0.641. The lowest BCUT2D eigenvalue weighted by molar-refractivity contribution is -0.253. The Bertz CT molecular complexity index is 955. The number of aromatic nitrogens is 2. The number of rotatable bonds is 6. The van der Waals surface area contributed by atoms with Crippen molar-refractivity contribution in [3.05, 3.63) is 66.4 Å². The average Bonchev–Trinajstić information content (AvgIpc) is 3.12. The van der Waals surface area contributed by atoms with Crippen LogP contribution in [0.5, 0.6) is 5.75 Å². The molecule has 0 fully saturated rings. The number of halogens is 4. The van der Waals surface area contributed by atoms with Crippen molar-refractivity contribution in [3.63, 3.8) is 0 Å². The summed E-state index contributed by atoms with van der Waals surface area (Å²) < 4.78 is 55.6. The first-order valence-corrected chi connectivity index (χ1v) is 7.61. The summed E-state index contributed by atoms with van der Waals surface area (Å²) in [5, 5.41) is 13.3. The van der Waals surface area contributed by atoms with Gasteiger partial charge in [-0.15, -0.1) is 0 Å². The predicted octanol–water partition coefficient (Wildman–Crippen LogP) is 4.47. The van der Waals surface area contributed by atoms with Crippen molar-refractivity contribution < 1.29 is 32.2 Å². The second kappa shape index (κ2) is 7.10. The molecule has 0 spiro atoms. The van der Waals surface area contributed by atoms with E-state index < -0.39 is 24.3 Å². The molecule has 0 saturated heterocycles. The minimum atomic E-state index is -4.57. The number of alkyl halides is 4. The van der Waals surface area contributed by atoms with Gasteiger partial charge in [0.15, 0.2) is 0 Å². The maximum absolute atomic E-state index is 12.9. The Labute approximate surface area is 150 Å². The second-order valence-electron chi connectivity index (χ2n) is 5.49. The molecule has 0 radical (unpaired) electrons. The molecule has 1 N–H and O–H groups in total. The highest BCUT2D eigenvalue weighted by atomic mass is 19.3. The van der Waals surface area contributed by atoms with E-state index in [0.29, 0.717) is 16.9 Å². The van der Waals surface area contributed by atoms with Crippen molar-refractivity contribution in [3.8, 4) is 22.7 Å². The van der Waals surface area contributed by atoms with Crippen molar-refractivity contribution in [1.29, 1.82) is 0 Å². The molecule has 0 saturated carbocycles. The van der Waals surface area contributed by atoms with E-state index in [2.05, 4.69) is 9.84 Å². The fraction of sp³-hybridized carbons (Fsp3) is 0.111. The van der Waals surface area contributed by atoms with Crippen LogP contribution in [0.15, 0.2) is 60.8 Å². The van der Waals surface area contributed by atoms with Gasteiger partial charge in [-0.25, -0.2) is 9.48 Å². The Morgan fingerprint density at radius 2 is 1.81 bits per heavy atom. The van der Waals surface area contributed by atoms with Crippen LogP contribution in [0.3, 0.4) is 0 Å². The molecule has 0 atom stereocenters. The number of carbonyl (C=O) groups is 1. The fourth-order valence-electron chi connectivity index (χ4n) is 2.30. The zero-order valence-electron chi connectivity index (χ0n) is 13.5. The van der Waals surface area contributed by atoms with Crippen molar-refractivity contribution >= 4 is 5.97 Å². The van der Waals surface area contributed by atoms with Crippen LogP contribution in [0.25, 0.3) is 16.9 Å². The molecule has 9 heteroatoms. The Morgan fingerprint density at radius 3 is 2.44 bits per heavy atom. The molecule has 1 aromatic heterocycles. The third-order valence-electron chi connectivity index (χ3n) is 3.60. The van der Waals surface area contributed by atoms with Gasteiger partial charge in [0.2, 0.25) is 0 Å². The summed E-state index contributed by atoms with van der Waals surface area (Å²) in [5.41, 5.74) is 1.68. The van der Waals surface area contributed by atoms with Crippen molar-refractivity contribution in [1.82, 2.24) is 9.78 Å². The van der Waals surface area contributed by atoms with Gasteiger partial charge >= 0.3 is 18.5 Å². The summed E-state index contributed by atoms with van der Waals surface area (Å²) >= 11 is 0. The molecule has 140 valence electrons. The van der Waals surface area contributed by atoms with Crippen LogP contribution >= 0.6 is 0 Å². The van der Waals surface area contributed by atoms with E-state index in [-0.39, 0.29) is 5.56 Å². The van der Waals surface area contributed by atoms with E-state index in [4.69, 9.17) is 5.11 Å². The number of carboxylic acid groups (broad SMARTS) is 1. The van der Waals surface area contributed by atoms with Gasteiger partial charge in [-0.2, -0.15) is 22.7 Å². The van der Waals surface area contributed by atoms with Gasteiger partial charge in [0.1, 0.15) is 5.75 Å². The summed E-state index contributed by atoms with van der Waals surface area (Å²) in [4.78, 5) is 11.0. The molecule has 0 unspecified atom stereocenters. The smallest absolute Gasteiger partial charge is 0.461 e. The second-order valence-corrected chi connectivity index (χ2v) is 5.49. The number of benzene rings is 2. The van der Waals surface area contributed by atoms with Gasteiger partial charge in [0, 0.05) is 11.8 Å². The van der Waals surface area contributed by atoms with Crippen LogP contribution in [-0.2, 0) is 0 Å². The lowest BCUT2D eigenvalue weighted by Gasteiger charge is -2.16. The Hall–Kier alpha value is -3.36.